The van der Waals surface area contributed by atoms with Crippen LogP contribution in [0.4, 0.5) is 0 Å². The molecule has 0 aromatic heterocycles. The van der Waals surface area contributed by atoms with Crippen LogP contribution < -0.4 is 0 Å². The van der Waals surface area contributed by atoms with Gasteiger partial charge in [0.05, 0.1) is 0 Å². The zero-order chi connectivity index (χ0) is 18.1. The van der Waals surface area contributed by atoms with Crippen LogP contribution in [-0.4, -0.2) is 0 Å². The fraction of sp³-hybridized carbons (Fsp3) is 1.00. The van der Waals surface area contributed by atoms with Crippen LogP contribution in [0.25, 0.3) is 0 Å². The van der Waals surface area contributed by atoms with Crippen molar-refractivity contribution in [2.45, 2.75) is 100 Å². The van der Waals surface area contributed by atoms with E-state index in [-0.39, 0.29) is 0 Å². The fourth-order valence-electron chi connectivity index (χ4n) is 6.97. The van der Waals surface area contributed by atoms with E-state index >= 15 is 0 Å². The molecule has 0 saturated heterocycles. The van der Waals surface area contributed by atoms with Gasteiger partial charge in [-0.3, -0.25) is 0 Å². The van der Waals surface area contributed by atoms with Crippen molar-refractivity contribution in [1.29, 1.82) is 0 Å². The average molecular weight is 335 g/mol. The normalized spacial score (nSPS) is 39.2. The predicted molar refractivity (Wildman–Crippen MR) is 108 cm³/mol. The van der Waals surface area contributed by atoms with Crippen molar-refractivity contribution in [2.24, 2.45) is 52.8 Å². The Morgan fingerprint density at radius 3 is 1.88 bits per heavy atom. The largest absolute Gasteiger partial charge is 0.0625 e. The molecule has 2 aliphatic rings. The molecule has 0 aromatic carbocycles. The Labute approximate surface area is 153 Å². The SMILES string of the molecule is CC1CCCC(C(C)C(C)C(C)C(C)(C)C2C(C)CCCC2C)C1. The second-order valence-electron chi connectivity index (χ2n) is 10.8. The number of hydrogen-bond acceptors (Lipinski definition) is 0. The molecule has 0 nitrogen and oxygen atoms in total. The lowest BCUT2D eigenvalue weighted by Crippen LogP contribution is -2.44. The molecular weight excluding hydrogens is 288 g/mol. The first kappa shape index (κ1) is 20.3. The van der Waals surface area contributed by atoms with Gasteiger partial charge >= 0.3 is 0 Å². The van der Waals surface area contributed by atoms with Crippen LogP contribution in [0.15, 0.2) is 0 Å². The molecule has 142 valence electrons. The van der Waals surface area contributed by atoms with E-state index in [4.69, 9.17) is 0 Å². The van der Waals surface area contributed by atoms with Crippen LogP contribution in [0.2, 0.25) is 0 Å². The molecular formula is C24H46. The van der Waals surface area contributed by atoms with Crippen LogP contribution in [0.3, 0.4) is 0 Å². The molecule has 0 bridgehead atoms. The lowest BCUT2D eigenvalue weighted by atomic mass is 9.54. The molecule has 2 saturated carbocycles. The lowest BCUT2D eigenvalue weighted by molar-refractivity contribution is -0.0235. The summed E-state index contributed by atoms with van der Waals surface area (Å²) in [7, 11) is 0. The average Bonchev–Trinajstić information content (AvgIpc) is 2.52. The molecule has 0 aliphatic heterocycles. The number of hydrogen-bond donors (Lipinski definition) is 0. The van der Waals surface area contributed by atoms with E-state index in [0.717, 1.165) is 47.3 Å². The summed E-state index contributed by atoms with van der Waals surface area (Å²) >= 11 is 0. The van der Waals surface area contributed by atoms with Crippen LogP contribution >= 0.6 is 0 Å². The van der Waals surface area contributed by atoms with E-state index in [9.17, 15) is 0 Å². The summed E-state index contributed by atoms with van der Waals surface area (Å²) in [5.74, 6) is 7.20. The maximum absolute atomic E-state index is 2.60. The van der Waals surface area contributed by atoms with Gasteiger partial charge in [0.2, 0.25) is 0 Å². The highest BCUT2D eigenvalue weighted by Crippen LogP contribution is 2.52. The van der Waals surface area contributed by atoms with Gasteiger partial charge in [0.15, 0.2) is 0 Å². The Kier molecular flexibility index (Phi) is 6.88. The fourth-order valence-corrected chi connectivity index (χ4v) is 6.97. The Morgan fingerprint density at radius 1 is 0.792 bits per heavy atom. The molecule has 0 heteroatoms. The van der Waals surface area contributed by atoms with Crippen molar-refractivity contribution in [1.82, 2.24) is 0 Å². The highest BCUT2D eigenvalue weighted by molar-refractivity contribution is 4.94. The third-order valence-electron chi connectivity index (χ3n) is 8.92. The Morgan fingerprint density at radius 2 is 1.33 bits per heavy atom. The lowest BCUT2D eigenvalue weighted by Gasteiger charge is -2.51. The molecule has 2 aliphatic carbocycles. The minimum Gasteiger partial charge on any atom is -0.0625 e. The summed E-state index contributed by atoms with van der Waals surface area (Å²) in [4.78, 5) is 0. The first-order valence-electron chi connectivity index (χ1n) is 11.2. The molecule has 2 rings (SSSR count). The first-order valence-corrected chi connectivity index (χ1v) is 11.2. The van der Waals surface area contributed by atoms with Crippen molar-refractivity contribution in [3.05, 3.63) is 0 Å². The van der Waals surface area contributed by atoms with Crippen molar-refractivity contribution >= 4 is 0 Å². The summed E-state index contributed by atoms with van der Waals surface area (Å²) in [6.45, 7) is 20.5. The monoisotopic (exact) mass is 334 g/mol. The quantitative estimate of drug-likeness (QED) is 0.480. The molecule has 0 N–H and O–H groups in total. The molecule has 0 spiro atoms. The third kappa shape index (κ3) is 4.21. The highest BCUT2D eigenvalue weighted by atomic mass is 14.5. The first-order chi connectivity index (χ1) is 11.2. The Hall–Kier alpha value is 0. The zero-order valence-electron chi connectivity index (χ0n) is 18.1. The maximum atomic E-state index is 2.60. The van der Waals surface area contributed by atoms with Gasteiger partial charge in [-0.05, 0) is 59.2 Å². The molecule has 7 unspecified atom stereocenters. The van der Waals surface area contributed by atoms with Gasteiger partial charge in [-0.15, -0.1) is 0 Å². The van der Waals surface area contributed by atoms with Crippen molar-refractivity contribution in [3.8, 4) is 0 Å². The predicted octanol–water partition coefficient (Wildman–Crippen LogP) is 7.82. The van der Waals surface area contributed by atoms with Crippen molar-refractivity contribution in [2.75, 3.05) is 0 Å². The molecule has 0 radical (unpaired) electrons. The standard InChI is InChI=1S/C24H46/c1-16-11-9-14-22(15-16)20(5)19(4)21(6)24(7,8)23-17(2)12-10-13-18(23)3/h16-23H,9-15H2,1-8H3. The van der Waals surface area contributed by atoms with Gasteiger partial charge in [-0.2, -0.15) is 0 Å². The van der Waals surface area contributed by atoms with Gasteiger partial charge in [-0.25, -0.2) is 0 Å². The molecule has 0 amide bonds. The summed E-state index contributed by atoms with van der Waals surface area (Å²) < 4.78 is 0. The van der Waals surface area contributed by atoms with Gasteiger partial charge in [-0.1, -0.05) is 93.9 Å². The second kappa shape index (κ2) is 8.13. The van der Waals surface area contributed by atoms with E-state index in [0.29, 0.717) is 5.41 Å². The molecule has 0 heterocycles. The van der Waals surface area contributed by atoms with Crippen LogP contribution in [0.5, 0.6) is 0 Å². The minimum absolute atomic E-state index is 0.465. The molecule has 2 fully saturated rings. The van der Waals surface area contributed by atoms with Gasteiger partial charge in [0.1, 0.15) is 0 Å². The second-order valence-corrected chi connectivity index (χ2v) is 10.8. The van der Waals surface area contributed by atoms with Crippen LogP contribution in [0.1, 0.15) is 100 Å². The maximum Gasteiger partial charge on any atom is -0.0293 e. The van der Waals surface area contributed by atoms with Gasteiger partial charge < -0.3 is 0 Å². The highest BCUT2D eigenvalue weighted by Gasteiger charge is 2.45. The van der Waals surface area contributed by atoms with E-state index < -0.39 is 0 Å². The summed E-state index contributed by atoms with van der Waals surface area (Å²) in [6.07, 6.45) is 10.3. The van der Waals surface area contributed by atoms with E-state index in [1.54, 1.807) is 0 Å². The summed E-state index contributed by atoms with van der Waals surface area (Å²) in [5.41, 5.74) is 0.465. The zero-order valence-corrected chi connectivity index (χ0v) is 18.1. The topological polar surface area (TPSA) is 0 Å². The third-order valence-corrected chi connectivity index (χ3v) is 8.92. The molecule has 0 aromatic rings. The summed E-state index contributed by atoms with van der Waals surface area (Å²) in [6, 6.07) is 0. The van der Waals surface area contributed by atoms with Gasteiger partial charge in [0, 0.05) is 0 Å². The number of rotatable bonds is 5. The Bertz CT molecular complexity index is 371. The van der Waals surface area contributed by atoms with Crippen molar-refractivity contribution < 1.29 is 0 Å². The van der Waals surface area contributed by atoms with E-state index in [1.165, 1.54) is 44.9 Å². The molecule has 24 heavy (non-hydrogen) atoms. The van der Waals surface area contributed by atoms with Crippen LogP contribution in [-0.2, 0) is 0 Å². The molecule has 7 atom stereocenters. The van der Waals surface area contributed by atoms with E-state index in [2.05, 4.69) is 55.4 Å². The van der Waals surface area contributed by atoms with Gasteiger partial charge in [0.25, 0.3) is 0 Å². The Balaban J connectivity index is 2.08. The minimum atomic E-state index is 0.465. The van der Waals surface area contributed by atoms with Crippen molar-refractivity contribution in [3.63, 3.8) is 0 Å². The smallest absolute Gasteiger partial charge is 0.0293 e. The summed E-state index contributed by atoms with van der Waals surface area (Å²) in [5, 5.41) is 0. The van der Waals surface area contributed by atoms with E-state index in [1.807, 2.05) is 0 Å². The van der Waals surface area contributed by atoms with Crippen LogP contribution in [0, 0.1) is 52.8 Å².